The Kier molecular flexibility index (Phi) is 4.28. The van der Waals surface area contributed by atoms with Crippen molar-refractivity contribution in [2.45, 2.75) is 18.7 Å². The summed E-state index contributed by atoms with van der Waals surface area (Å²) in [5.74, 6) is 0.0574. The van der Waals surface area contributed by atoms with Gasteiger partial charge in [-0.25, -0.2) is 8.42 Å². The summed E-state index contributed by atoms with van der Waals surface area (Å²) in [6.45, 7) is 3.23. The van der Waals surface area contributed by atoms with E-state index in [4.69, 9.17) is 4.74 Å². The predicted octanol–water partition coefficient (Wildman–Crippen LogP) is 1.75. The van der Waals surface area contributed by atoms with E-state index in [2.05, 4.69) is 9.82 Å². The SMILES string of the molecule is COc1cc([N+](=O)[O-])ccc1NS(=O)(=O)c1c(C)nn(C)c1C. The van der Waals surface area contributed by atoms with Gasteiger partial charge in [0.1, 0.15) is 10.6 Å². The molecule has 0 saturated heterocycles. The van der Waals surface area contributed by atoms with Gasteiger partial charge in [-0.3, -0.25) is 19.5 Å². The lowest BCUT2D eigenvalue weighted by molar-refractivity contribution is -0.384. The number of non-ortho nitro benzene ring substituents is 1. The Labute approximate surface area is 133 Å². The van der Waals surface area contributed by atoms with Crippen LogP contribution in [0.3, 0.4) is 0 Å². The lowest BCUT2D eigenvalue weighted by Gasteiger charge is -2.12. The molecule has 0 unspecified atom stereocenters. The Morgan fingerprint density at radius 2 is 2.00 bits per heavy atom. The van der Waals surface area contributed by atoms with E-state index in [0.717, 1.165) is 6.07 Å². The number of hydrogen-bond donors (Lipinski definition) is 1. The third kappa shape index (κ3) is 3.11. The summed E-state index contributed by atoms with van der Waals surface area (Å²) in [6, 6.07) is 3.64. The number of sulfonamides is 1. The van der Waals surface area contributed by atoms with Gasteiger partial charge in [-0.2, -0.15) is 5.10 Å². The van der Waals surface area contributed by atoms with Crippen LogP contribution in [0.4, 0.5) is 11.4 Å². The van der Waals surface area contributed by atoms with Crippen LogP contribution in [0, 0.1) is 24.0 Å². The van der Waals surface area contributed by atoms with Gasteiger partial charge in [0.05, 0.1) is 35.2 Å². The molecule has 2 rings (SSSR count). The average Bonchev–Trinajstić information content (AvgIpc) is 2.72. The van der Waals surface area contributed by atoms with Crippen LogP contribution in [0.5, 0.6) is 5.75 Å². The van der Waals surface area contributed by atoms with Gasteiger partial charge < -0.3 is 4.74 Å². The highest BCUT2D eigenvalue weighted by Gasteiger charge is 2.25. The highest BCUT2D eigenvalue weighted by atomic mass is 32.2. The molecule has 1 aromatic carbocycles. The second-order valence-corrected chi connectivity index (χ2v) is 6.49. The number of nitrogens with zero attached hydrogens (tertiary/aromatic N) is 3. The topological polar surface area (TPSA) is 116 Å². The molecule has 2 aromatic rings. The van der Waals surface area contributed by atoms with Crippen molar-refractivity contribution in [3.05, 3.63) is 39.7 Å². The molecule has 1 heterocycles. The van der Waals surface area contributed by atoms with E-state index in [0.29, 0.717) is 11.4 Å². The summed E-state index contributed by atoms with van der Waals surface area (Å²) in [6.07, 6.45) is 0. The molecule has 124 valence electrons. The second-order valence-electron chi connectivity index (χ2n) is 4.87. The summed E-state index contributed by atoms with van der Waals surface area (Å²) in [5, 5.41) is 14.9. The van der Waals surface area contributed by atoms with E-state index in [1.54, 1.807) is 20.9 Å². The van der Waals surface area contributed by atoms with Crippen molar-refractivity contribution in [2.24, 2.45) is 7.05 Å². The van der Waals surface area contributed by atoms with E-state index < -0.39 is 14.9 Å². The maximum Gasteiger partial charge on any atom is 0.273 e. The average molecular weight is 340 g/mol. The minimum absolute atomic E-state index is 0.0574. The molecule has 1 N–H and O–H groups in total. The molecule has 0 bridgehead atoms. The zero-order chi connectivity index (χ0) is 17.4. The summed E-state index contributed by atoms with van der Waals surface area (Å²) in [4.78, 5) is 10.3. The van der Waals surface area contributed by atoms with Gasteiger partial charge in [0, 0.05) is 13.1 Å². The van der Waals surface area contributed by atoms with Gasteiger partial charge in [0.25, 0.3) is 15.7 Å². The number of anilines is 1. The number of methoxy groups -OCH3 is 1. The van der Waals surface area contributed by atoms with Crippen molar-refractivity contribution in [1.29, 1.82) is 0 Å². The maximum absolute atomic E-state index is 12.6. The van der Waals surface area contributed by atoms with E-state index >= 15 is 0 Å². The number of ether oxygens (including phenoxy) is 1. The van der Waals surface area contributed by atoms with Gasteiger partial charge in [-0.05, 0) is 19.9 Å². The van der Waals surface area contributed by atoms with Crippen molar-refractivity contribution < 1.29 is 18.1 Å². The van der Waals surface area contributed by atoms with Crippen molar-refractivity contribution in [1.82, 2.24) is 9.78 Å². The smallest absolute Gasteiger partial charge is 0.273 e. The first-order valence-electron chi connectivity index (χ1n) is 6.53. The summed E-state index contributed by atoms with van der Waals surface area (Å²) >= 11 is 0. The van der Waals surface area contributed by atoms with Crippen molar-refractivity contribution >= 4 is 21.4 Å². The van der Waals surface area contributed by atoms with Crippen LogP contribution in [0.15, 0.2) is 23.1 Å². The second kappa shape index (κ2) is 5.88. The fourth-order valence-corrected chi connectivity index (χ4v) is 3.73. The molecule has 0 atom stereocenters. The Bertz CT molecular complexity index is 873. The Morgan fingerprint density at radius 1 is 1.35 bits per heavy atom. The number of nitrogens with one attached hydrogen (secondary N) is 1. The molecule has 0 aliphatic rings. The molecule has 0 spiro atoms. The molecule has 0 radical (unpaired) electrons. The van der Waals surface area contributed by atoms with E-state index in [1.807, 2.05) is 0 Å². The number of benzene rings is 1. The molecular weight excluding hydrogens is 324 g/mol. The molecule has 9 nitrogen and oxygen atoms in total. The number of nitro groups is 1. The summed E-state index contributed by atoms with van der Waals surface area (Å²) in [7, 11) is -0.953. The van der Waals surface area contributed by atoms with Crippen LogP contribution in [-0.4, -0.2) is 30.2 Å². The molecule has 0 amide bonds. The molecular formula is C13H16N4O5S. The largest absolute Gasteiger partial charge is 0.494 e. The van der Waals surface area contributed by atoms with Crippen LogP contribution >= 0.6 is 0 Å². The lowest BCUT2D eigenvalue weighted by Crippen LogP contribution is -2.15. The van der Waals surface area contributed by atoms with Crippen LogP contribution in [0.25, 0.3) is 0 Å². The first-order chi connectivity index (χ1) is 10.7. The van der Waals surface area contributed by atoms with Crippen molar-refractivity contribution in [3.8, 4) is 5.75 Å². The van der Waals surface area contributed by atoms with E-state index in [1.165, 1.54) is 23.9 Å². The van der Waals surface area contributed by atoms with Crippen LogP contribution < -0.4 is 9.46 Å². The fourth-order valence-electron chi connectivity index (χ4n) is 2.22. The quantitative estimate of drug-likeness (QED) is 0.655. The minimum Gasteiger partial charge on any atom is -0.494 e. The van der Waals surface area contributed by atoms with Crippen molar-refractivity contribution in [2.75, 3.05) is 11.8 Å². The highest BCUT2D eigenvalue weighted by molar-refractivity contribution is 7.92. The first kappa shape index (κ1) is 16.7. The number of aryl methyl sites for hydroxylation is 2. The summed E-state index contributed by atoms with van der Waals surface area (Å²) < 4.78 is 34.1. The van der Waals surface area contributed by atoms with E-state index in [-0.39, 0.29) is 22.0 Å². The highest BCUT2D eigenvalue weighted by Crippen LogP contribution is 2.31. The monoisotopic (exact) mass is 340 g/mol. The molecule has 0 saturated carbocycles. The molecule has 0 aliphatic heterocycles. The van der Waals surface area contributed by atoms with Gasteiger partial charge in [0.2, 0.25) is 0 Å². The van der Waals surface area contributed by atoms with Gasteiger partial charge in [-0.15, -0.1) is 0 Å². The molecule has 0 aliphatic carbocycles. The van der Waals surface area contributed by atoms with Crippen LogP contribution in [0.1, 0.15) is 11.4 Å². The standard InChI is InChI=1S/C13H16N4O5S/c1-8-13(9(2)16(3)14-8)23(20,21)15-11-6-5-10(17(18)19)7-12(11)22-4/h5-7,15H,1-4H3. The fraction of sp³-hybridized carbons (Fsp3) is 0.308. The summed E-state index contributed by atoms with van der Waals surface area (Å²) in [5.41, 5.74) is 0.758. The third-order valence-corrected chi connectivity index (χ3v) is 4.97. The Morgan fingerprint density at radius 3 is 2.48 bits per heavy atom. The third-order valence-electron chi connectivity index (χ3n) is 3.35. The molecule has 23 heavy (non-hydrogen) atoms. The lowest BCUT2D eigenvalue weighted by atomic mass is 10.2. The number of nitro benzene ring substituents is 1. The van der Waals surface area contributed by atoms with Gasteiger partial charge >= 0.3 is 0 Å². The van der Waals surface area contributed by atoms with Crippen LogP contribution in [-0.2, 0) is 17.1 Å². The zero-order valence-corrected chi connectivity index (χ0v) is 13.8. The number of hydrogen-bond acceptors (Lipinski definition) is 6. The van der Waals surface area contributed by atoms with Crippen molar-refractivity contribution in [3.63, 3.8) is 0 Å². The molecule has 10 heteroatoms. The van der Waals surface area contributed by atoms with Gasteiger partial charge in [0.15, 0.2) is 0 Å². The number of aromatic nitrogens is 2. The maximum atomic E-state index is 12.6. The predicted molar refractivity (Wildman–Crippen MR) is 83.1 cm³/mol. The normalized spacial score (nSPS) is 11.3. The van der Waals surface area contributed by atoms with Crippen LogP contribution in [0.2, 0.25) is 0 Å². The van der Waals surface area contributed by atoms with Gasteiger partial charge in [-0.1, -0.05) is 0 Å². The minimum atomic E-state index is -3.90. The first-order valence-corrected chi connectivity index (χ1v) is 8.01. The molecule has 1 aromatic heterocycles. The van der Waals surface area contributed by atoms with E-state index in [9.17, 15) is 18.5 Å². The Balaban J connectivity index is 2.47. The Hall–Kier alpha value is -2.62. The molecule has 0 fully saturated rings. The number of rotatable bonds is 5. The zero-order valence-electron chi connectivity index (χ0n) is 13.0.